The monoisotopic (exact) mass is 271 g/mol. The highest BCUT2D eigenvalue weighted by Crippen LogP contribution is 2.21. The molecule has 0 aromatic carbocycles. The van der Waals surface area contributed by atoms with E-state index < -0.39 is 9.84 Å². The van der Waals surface area contributed by atoms with Crippen molar-refractivity contribution < 1.29 is 8.42 Å². The summed E-state index contributed by atoms with van der Waals surface area (Å²) in [5.74, 6) is 1.51. The molecule has 0 amide bonds. The Labute approximate surface area is 109 Å². The van der Waals surface area contributed by atoms with Gasteiger partial charge in [-0.2, -0.15) is 0 Å². The molecule has 0 radical (unpaired) electrons. The molecule has 0 saturated carbocycles. The molecule has 1 aliphatic heterocycles. The summed E-state index contributed by atoms with van der Waals surface area (Å²) in [5.41, 5.74) is 2.29. The number of hydrogen-bond acceptors (Lipinski definition) is 4. The van der Waals surface area contributed by atoms with Crippen molar-refractivity contribution in [3.05, 3.63) is 17.2 Å². The molecule has 2 rings (SSSR count). The molecule has 1 aliphatic rings. The molecule has 1 N–H and O–H groups in total. The molecule has 0 fully saturated rings. The number of hydrogen-bond donors (Lipinski definition) is 1. The van der Waals surface area contributed by atoms with Crippen molar-refractivity contribution >= 4 is 9.84 Å². The lowest BCUT2D eigenvalue weighted by Crippen LogP contribution is -2.26. The van der Waals surface area contributed by atoms with Gasteiger partial charge in [0.05, 0.1) is 11.4 Å². The van der Waals surface area contributed by atoms with Gasteiger partial charge in [-0.1, -0.05) is 13.8 Å². The molecule has 0 saturated heterocycles. The van der Waals surface area contributed by atoms with Gasteiger partial charge in [0, 0.05) is 43.9 Å². The van der Waals surface area contributed by atoms with E-state index in [1.54, 1.807) is 0 Å². The van der Waals surface area contributed by atoms with E-state index in [9.17, 15) is 8.42 Å². The first-order valence-corrected chi connectivity index (χ1v) is 8.41. The van der Waals surface area contributed by atoms with Crippen LogP contribution in [0.4, 0.5) is 0 Å². The maximum Gasteiger partial charge on any atom is 0.149 e. The fourth-order valence-corrected chi connectivity index (χ4v) is 2.85. The Morgan fingerprint density at radius 1 is 1.44 bits per heavy atom. The van der Waals surface area contributed by atoms with E-state index in [-0.39, 0.29) is 5.75 Å². The van der Waals surface area contributed by atoms with Crippen LogP contribution in [0.2, 0.25) is 0 Å². The van der Waals surface area contributed by atoms with Gasteiger partial charge in [-0.3, -0.25) is 0 Å². The quantitative estimate of drug-likeness (QED) is 0.875. The average Bonchev–Trinajstić information content (AvgIpc) is 2.64. The van der Waals surface area contributed by atoms with E-state index in [4.69, 9.17) is 0 Å². The highest BCUT2D eigenvalue weighted by molar-refractivity contribution is 7.90. The number of imidazole rings is 1. The Bertz CT molecular complexity index is 532. The maximum atomic E-state index is 11.3. The van der Waals surface area contributed by atoms with E-state index in [1.807, 2.05) is 0 Å². The molecular weight excluding hydrogens is 250 g/mol. The fraction of sp³-hybridized carbons (Fsp3) is 0.750. The highest BCUT2D eigenvalue weighted by atomic mass is 32.2. The first kappa shape index (κ1) is 13.5. The molecule has 1 aromatic heterocycles. The predicted octanol–water partition coefficient (Wildman–Crippen LogP) is 0.697. The van der Waals surface area contributed by atoms with Crippen molar-refractivity contribution in [2.24, 2.45) is 0 Å². The second-order valence-electron chi connectivity index (χ2n) is 5.23. The van der Waals surface area contributed by atoms with E-state index in [0.29, 0.717) is 12.5 Å². The first-order chi connectivity index (χ1) is 8.38. The van der Waals surface area contributed by atoms with Crippen LogP contribution < -0.4 is 5.32 Å². The third kappa shape index (κ3) is 2.92. The fourth-order valence-electron chi connectivity index (χ4n) is 2.34. The number of nitrogens with zero attached hydrogens (tertiary/aromatic N) is 2. The SMILES string of the molecule is CC(C)c1nc2c(n1CCS(C)(=O)=O)CCNC2. The Kier molecular flexibility index (Phi) is 3.77. The van der Waals surface area contributed by atoms with Gasteiger partial charge in [-0.25, -0.2) is 13.4 Å². The lowest BCUT2D eigenvalue weighted by atomic mass is 10.2. The van der Waals surface area contributed by atoms with Gasteiger partial charge >= 0.3 is 0 Å². The maximum absolute atomic E-state index is 11.3. The zero-order valence-corrected chi connectivity index (χ0v) is 12.0. The Hall–Kier alpha value is -0.880. The minimum Gasteiger partial charge on any atom is -0.330 e. The molecule has 5 nitrogen and oxygen atoms in total. The highest BCUT2D eigenvalue weighted by Gasteiger charge is 2.21. The topological polar surface area (TPSA) is 64.0 Å². The molecule has 6 heteroatoms. The lowest BCUT2D eigenvalue weighted by molar-refractivity contribution is 0.569. The normalized spacial score (nSPS) is 16.0. The van der Waals surface area contributed by atoms with E-state index in [0.717, 1.165) is 31.0 Å². The number of sulfone groups is 1. The minimum atomic E-state index is -2.93. The van der Waals surface area contributed by atoms with Gasteiger partial charge in [0.15, 0.2) is 0 Å². The van der Waals surface area contributed by atoms with E-state index in [1.165, 1.54) is 11.9 Å². The van der Waals surface area contributed by atoms with Gasteiger partial charge in [-0.15, -0.1) is 0 Å². The van der Waals surface area contributed by atoms with Gasteiger partial charge < -0.3 is 9.88 Å². The van der Waals surface area contributed by atoms with Gasteiger partial charge in [0.1, 0.15) is 15.7 Å². The van der Waals surface area contributed by atoms with Crippen LogP contribution in [0.25, 0.3) is 0 Å². The van der Waals surface area contributed by atoms with Crippen LogP contribution in [0.1, 0.15) is 37.0 Å². The molecule has 18 heavy (non-hydrogen) atoms. The molecule has 0 spiro atoms. The largest absolute Gasteiger partial charge is 0.330 e. The van der Waals surface area contributed by atoms with Gasteiger partial charge in [0.2, 0.25) is 0 Å². The molecular formula is C12H21N3O2S. The van der Waals surface area contributed by atoms with Gasteiger partial charge in [0.25, 0.3) is 0 Å². The van der Waals surface area contributed by atoms with Crippen molar-refractivity contribution in [1.29, 1.82) is 0 Å². The summed E-state index contributed by atoms with van der Waals surface area (Å²) in [5, 5.41) is 3.30. The molecule has 2 heterocycles. The zero-order chi connectivity index (χ0) is 13.3. The van der Waals surface area contributed by atoms with Crippen molar-refractivity contribution in [1.82, 2.24) is 14.9 Å². The van der Waals surface area contributed by atoms with Crippen LogP contribution >= 0.6 is 0 Å². The van der Waals surface area contributed by atoms with Crippen LogP contribution in [0, 0.1) is 0 Å². The summed E-state index contributed by atoms with van der Waals surface area (Å²) in [6, 6.07) is 0. The predicted molar refractivity (Wildman–Crippen MR) is 71.4 cm³/mol. The smallest absolute Gasteiger partial charge is 0.149 e. The third-order valence-electron chi connectivity index (χ3n) is 3.22. The van der Waals surface area contributed by atoms with Crippen LogP contribution in [-0.4, -0.2) is 36.5 Å². The number of nitrogens with one attached hydrogen (secondary N) is 1. The second-order valence-corrected chi connectivity index (χ2v) is 7.49. The summed E-state index contributed by atoms with van der Waals surface area (Å²) in [6.07, 6.45) is 2.21. The Morgan fingerprint density at radius 2 is 2.17 bits per heavy atom. The molecule has 102 valence electrons. The summed E-state index contributed by atoms with van der Waals surface area (Å²) in [6.45, 7) is 6.45. The van der Waals surface area contributed by atoms with Crippen LogP contribution in [0.3, 0.4) is 0 Å². The first-order valence-electron chi connectivity index (χ1n) is 6.35. The number of aromatic nitrogens is 2. The van der Waals surface area contributed by atoms with Crippen molar-refractivity contribution in [3.63, 3.8) is 0 Å². The summed E-state index contributed by atoms with van der Waals surface area (Å²) < 4.78 is 24.8. The summed E-state index contributed by atoms with van der Waals surface area (Å²) in [7, 11) is -2.93. The summed E-state index contributed by atoms with van der Waals surface area (Å²) >= 11 is 0. The summed E-state index contributed by atoms with van der Waals surface area (Å²) in [4.78, 5) is 4.66. The molecule has 0 unspecified atom stereocenters. The van der Waals surface area contributed by atoms with Crippen LogP contribution in [0.15, 0.2) is 0 Å². The van der Waals surface area contributed by atoms with Crippen molar-refractivity contribution in [2.75, 3.05) is 18.6 Å². The molecule has 0 atom stereocenters. The Balaban J connectivity index is 2.33. The molecule has 0 aliphatic carbocycles. The minimum absolute atomic E-state index is 0.183. The van der Waals surface area contributed by atoms with E-state index in [2.05, 4.69) is 28.7 Å². The second kappa shape index (κ2) is 5.01. The number of rotatable bonds is 4. The lowest BCUT2D eigenvalue weighted by Gasteiger charge is -2.16. The van der Waals surface area contributed by atoms with Crippen LogP contribution in [-0.2, 0) is 29.3 Å². The molecule has 0 bridgehead atoms. The third-order valence-corrected chi connectivity index (χ3v) is 4.14. The van der Waals surface area contributed by atoms with Crippen LogP contribution in [0.5, 0.6) is 0 Å². The Morgan fingerprint density at radius 3 is 2.78 bits per heavy atom. The van der Waals surface area contributed by atoms with Crippen molar-refractivity contribution in [3.8, 4) is 0 Å². The van der Waals surface area contributed by atoms with E-state index >= 15 is 0 Å². The zero-order valence-electron chi connectivity index (χ0n) is 11.2. The number of fused-ring (bicyclic) bond motifs is 1. The standard InChI is InChI=1S/C12H21N3O2S/c1-9(2)12-14-10-8-13-5-4-11(10)15(12)6-7-18(3,16)17/h9,13H,4-8H2,1-3H3. The average molecular weight is 271 g/mol. The van der Waals surface area contributed by atoms with Crippen molar-refractivity contribution in [2.45, 2.75) is 39.3 Å². The molecule has 1 aromatic rings. The van der Waals surface area contributed by atoms with Gasteiger partial charge in [-0.05, 0) is 0 Å².